The zero-order valence-corrected chi connectivity index (χ0v) is 23.6. The summed E-state index contributed by atoms with van der Waals surface area (Å²) in [6, 6.07) is 6.04. The van der Waals surface area contributed by atoms with Gasteiger partial charge in [-0.3, -0.25) is 4.79 Å². The van der Waals surface area contributed by atoms with Crippen molar-refractivity contribution in [1.29, 1.82) is 0 Å². The molecule has 2 saturated heterocycles. The van der Waals surface area contributed by atoms with Gasteiger partial charge in [0.2, 0.25) is 5.91 Å². The highest BCUT2D eigenvalue weighted by Crippen LogP contribution is 2.45. The maximum Gasteiger partial charge on any atom is 0.250 e. The van der Waals surface area contributed by atoms with E-state index in [2.05, 4.69) is 41.1 Å². The Balaban J connectivity index is 1.25. The molecule has 208 valence electrons. The van der Waals surface area contributed by atoms with Crippen LogP contribution in [0.5, 0.6) is 5.75 Å². The minimum atomic E-state index is -0.207. The number of fused-ring (bicyclic) bond motifs is 1. The molecule has 4 heterocycles. The zero-order chi connectivity index (χ0) is 27.7. The number of ether oxygens (including phenoxy) is 2. The third kappa shape index (κ3) is 5.04. The Morgan fingerprint density at radius 2 is 2.05 bits per heavy atom. The van der Waals surface area contributed by atoms with Crippen LogP contribution < -0.4 is 4.74 Å². The first-order valence-electron chi connectivity index (χ1n) is 14.1. The topological polar surface area (TPSA) is 72.2 Å². The fraction of sp³-hybridized carbons (Fsp3) is 0.406. The van der Waals surface area contributed by atoms with Gasteiger partial charge in [-0.05, 0) is 74.6 Å². The van der Waals surface area contributed by atoms with Crippen LogP contribution in [0.15, 0.2) is 76.9 Å². The number of carbonyl (C=O) groups is 1. The van der Waals surface area contributed by atoms with E-state index >= 15 is 0 Å². The van der Waals surface area contributed by atoms with Crippen molar-refractivity contribution in [2.75, 3.05) is 46.5 Å². The predicted octanol–water partition coefficient (Wildman–Crippen LogP) is 4.72. The van der Waals surface area contributed by atoms with Gasteiger partial charge in [0.05, 0.1) is 43.7 Å². The normalized spacial score (nSPS) is 24.0. The Kier molecular flexibility index (Phi) is 7.19. The molecule has 0 spiro atoms. The number of nitrogens with zero attached hydrogens (tertiary/aromatic N) is 5. The van der Waals surface area contributed by atoms with E-state index in [4.69, 9.17) is 14.5 Å². The largest absolute Gasteiger partial charge is 0.495 e. The van der Waals surface area contributed by atoms with Crippen LogP contribution >= 0.6 is 0 Å². The first-order valence-corrected chi connectivity index (χ1v) is 14.1. The average Bonchev–Trinajstić information content (AvgIpc) is 3.41. The number of dihydropyridines is 1. The minimum Gasteiger partial charge on any atom is -0.495 e. The Labute approximate surface area is 236 Å². The monoisotopic (exact) mass is 539 g/mol. The van der Waals surface area contributed by atoms with Gasteiger partial charge < -0.3 is 23.8 Å². The average molecular weight is 540 g/mol. The van der Waals surface area contributed by atoms with Gasteiger partial charge in [0.25, 0.3) is 0 Å². The molecule has 1 aromatic carbocycles. The lowest BCUT2D eigenvalue weighted by Crippen LogP contribution is -2.45. The number of aryl methyl sites for hydroxylation is 1. The molecule has 1 amide bonds. The van der Waals surface area contributed by atoms with Gasteiger partial charge in [-0.2, -0.15) is 0 Å². The molecule has 4 aliphatic rings. The molecule has 1 aliphatic carbocycles. The lowest BCUT2D eigenvalue weighted by atomic mass is 9.72. The van der Waals surface area contributed by atoms with Crippen LogP contribution in [0.25, 0.3) is 11.8 Å². The Morgan fingerprint density at radius 1 is 1.20 bits per heavy atom. The molecule has 2 fully saturated rings. The standard InChI is InChI=1S/C32H37N5O3/c1-23-20-37(22-33-23)27-10-9-24(18-28(27)39-3)17-25-7-6-12-36(31(25)38)21-26-19-30(35-13-15-40-16-14-35)34-29-8-4-5-11-32(26,29)2/h4-5,8-10,17-20,22H,6-7,11-16,21H2,1-3H3/b25-17+. The number of aromatic nitrogens is 2. The van der Waals surface area contributed by atoms with Crippen molar-refractivity contribution in [2.45, 2.75) is 33.1 Å². The minimum absolute atomic E-state index is 0.108. The maximum absolute atomic E-state index is 13.8. The van der Waals surface area contributed by atoms with Crippen molar-refractivity contribution in [3.8, 4) is 11.4 Å². The van der Waals surface area contributed by atoms with Gasteiger partial charge in [-0.25, -0.2) is 9.98 Å². The second kappa shape index (κ2) is 10.9. The molecular weight excluding hydrogens is 502 g/mol. The van der Waals surface area contributed by atoms with Crippen molar-refractivity contribution < 1.29 is 14.3 Å². The first kappa shape index (κ1) is 26.3. The Hall–Kier alpha value is -3.91. The molecule has 0 bridgehead atoms. The molecule has 40 heavy (non-hydrogen) atoms. The van der Waals surface area contributed by atoms with Crippen molar-refractivity contribution in [1.82, 2.24) is 19.4 Å². The molecule has 0 radical (unpaired) electrons. The van der Waals surface area contributed by atoms with Gasteiger partial charge >= 0.3 is 0 Å². The van der Waals surface area contributed by atoms with Crippen molar-refractivity contribution >= 4 is 17.8 Å². The highest BCUT2D eigenvalue weighted by atomic mass is 16.5. The molecule has 1 atom stereocenters. The summed E-state index contributed by atoms with van der Waals surface area (Å²) < 4.78 is 13.2. The summed E-state index contributed by atoms with van der Waals surface area (Å²) in [7, 11) is 1.67. The number of likely N-dealkylation sites (tertiary alicyclic amines) is 1. The number of hydrogen-bond donors (Lipinski definition) is 0. The van der Waals surface area contributed by atoms with Crippen molar-refractivity contribution in [3.05, 3.63) is 83.1 Å². The van der Waals surface area contributed by atoms with Gasteiger partial charge in [-0.15, -0.1) is 0 Å². The highest BCUT2D eigenvalue weighted by Gasteiger charge is 2.39. The number of imidazole rings is 1. The second-order valence-electron chi connectivity index (χ2n) is 11.1. The van der Waals surface area contributed by atoms with E-state index in [1.807, 2.05) is 46.9 Å². The summed E-state index contributed by atoms with van der Waals surface area (Å²) in [6.45, 7) is 8.67. The van der Waals surface area contributed by atoms with Gasteiger partial charge in [-0.1, -0.05) is 18.2 Å². The van der Waals surface area contributed by atoms with Crippen LogP contribution in [0, 0.1) is 12.3 Å². The van der Waals surface area contributed by atoms with E-state index in [-0.39, 0.29) is 11.3 Å². The number of benzene rings is 1. The number of rotatable bonds is 5. The lowest BCUT2D eigenvalue weighted by molar-refractivity contribution is -0.128. The second-order valence-corrected chi connectivity index (χ2v) is 11.1. The lowest BCUT2D eigenvalue weighted by Gasteiger charge is -2.41. The Bertz CT molecular complexity index is 1460. The summed E-state index contributed by atoms with van der Waals surface area (Å²) in [5.41, 5.74) is 5.77. The molecule has 8 heteroatoms. The van der Waals surface area contributed by atoms with E-state index in [1.165, 1.54) is 5.57 Å². The van der Waals surface area contributed by atoms with Crippen molar-refractivity contribution in [3.63, 3.8) is 0 Å². The molecular formula is C32H37N5O3. The van der Waals surface area contributed by atoms with Crippen LogP contribution in [-0.4, -0.2) is 77.6 Å². The fourth-order valence-electron chi connectivity index (χ4n) is 5.97. The quantitative estimate of drug-likeness (QED) is 0.515. The van der Waals surface area contributed by atoms with Crippen LogP contribution in [-0.2, 0) is 9.53 Å². The number of aliphatic imine (C=N–C) groups is 1. The first-order chi connectivity index (χ1) is 19.4. The van der Waals surface area contributed by atoms with E-state index in [0.717, 1.165) is 78.7 Å². The summed E-state index contributed by atoms with van der Waals surface area (Å²) in [5, 5.41) is 0. The van der Waals surface area contributed by atoms with E-state index in [1.54, 1.807) is 13.4 Å². The predicted molar refractivity (Wildman–Crippen MR) is 157 cm³/mol. The fourth-order valence-corrected chi connectivity index (χ4v) is 5.97. The summed E-state index contributed by atoms with van der Waals surface area (Å²) in [6.07, 6.45) is 17.0. The molecule has 6 rings (SSSR count). The highest BCUT2D eigenvalue weighted by molar-refractivity contribution is 5.99. The molecule has 0 saturated carbocycles. The number of piperidine rings is 1. The Morgan fingerprint density at radius 3 is 2.83 bits per heavy atom. The smallest absolute Gasteiger partial charge is 0.250 e. The summed E-state index contributed by atoms with van der Waals surface area (Å²) in [5.74, 6) is 1.83. The molecule has 1 unspecified atom stereocenters. The third-order valence-corrected chi connectivity index (χ3v) is 8.40. The zero-order valence-electron chi connectivity index (χ0n) is 23.6. The van der Waals surface area contributed by atoms with Gasteiger partial charge in [0, 0.05) is 43.4 Å². The third-order valence-electron chi connectivity index (χ3n) is 8.40. The number of allylic oxidation sites excluding steroid dienone is 4. The van der Waals surface area contributed by atoms with Crippen LogP contribution in [0.1, 0.15) is 37.4 Å². The van der Waals surface area contributed by atoms with Crippen LogP contribution in [0.2, 0.25) is 0 Å². The molecule has 1 aromatic heterocycles. The summed E-state index contributed by atoms with van der Waals surface area (Å²) in [4.78, 5) is 27.5. The van der Waals surface area contributed by atoms with E-state index in [9.17, 15) is 4.79 Å². The van der Waals surface area contributed by atoms with E-state index in [0.29, 0.717) is 19.8 Å². The van der Waals surface area contributed by atoms with E-state index < -0.39 is 0 Å². The van der Waals surface area contributed by atoms with Crippen LogP contribution in [0.4, 0.5) is 0 Å². The molecule has 3 aliphatic heterocycles. The van der Waals surface area contributed by atoms with Crippen LogP contribution in [0.3, 0.4) is 0 Å². The van der Waals surface area contributed by atoms with Gasteiger partial charge in [0.1, 0.15) is 11.6 Å². The number of amidine groups is 1. The molecule has 0 N–H and O–H groups in total. The number of methoxy groups -OCH3 is 1. The maximum atomic E-state index is 13.8. The molecule has 8 nitrogen and oxygen atoms in total. The SMILES string of the molecule is COc1cc(/C=C2\CCCN(CC3=CC(N4CCOCC4)=NC4=CC=CCC34C)C2=O)ccc1-n1cnc(C)c1. The number of hydrogen-bond acceptors (Lipinski definition) is 6. The summed E-state index contributed by atoms with van der Waals surface area (Å²) >= 11 is 0. The number of carbonyl (C=O) groups excluding carboxylic acids is 1. The molecule has 2 aromatic rings. The number of amides is 1. The van der Waals surface area contributed by atoms with Crippen molar-refractivity contribution in [2.24, 2.45) is 10.4 Å². The van der Waals surface area contributed by atoms with Gasteiger partial charge in [0.15, 0.2) is 0 Å². The number of morpholine rings is 1.